The zero-order chi connectivity index (χ0) is 20.8. The third-order valence-corrected chi connectivity index (χ3v) is 5.45. The van der Waals surface area contributed by atoms with Crippen molar-refractivity contribution in [3.05, 3.63) is 54.5 Å². The first-order chi connectivity index (χ1) is 14.7. The summed E-state index contributed by atoms with van der Waals surface area (Å²) < 4.78 is 16.8. The Labute approximate surface area is 176 Å². The molecule has 160 valence electrons. The Hall–Kier alpha value is -2.80. The van der Waals surface area contributed by atoms with Gasteiger partial charge in [-0.3, -0.25) is 9.59 Å². The zero-order valence-corrected chi connectivity index (χ0v) is 17.1. The van der Waals surface area contributed by atoms with Crippen LogP contribution in [-0.4, -0.2) is 60.1 Å². The molecule has 1 saturated carbocycles. The molecule has 1 saturated heterocycles. The van der Waals surface area contributed by atoms with Crippen LogP contribution < -0.4 is 4.74 Å². The number of para-hydroxylation sites is 1. The fourth-order valence-electron chi connectivity index (χ4n) is 3.68. The maximum atomic E-state index is 13.2. The van der Waals surface area contributed by atoms with Crippen LogP contribution in [0.15, 0.2) is 53.1 Å². The summed E-state index contributed by atoms with van der Waals surface area (Å²) in [7, 11) is 0. The number of ether oxygens (including phenoxy) is 2. The maximum Gasteiger partial charge on any atom is 0.261 e. The Morgan fingerprint density at radius 2 is 1.87 bits per heavy atom. The van der Waals surface area contributed by atoms with Gasteiger partial charge in [0.1, 0.15) is 18.1 Å². The Balaban J connectivity index is 1.38. The van der Waals surface area contributed by atoms with Gasteiger partial charge < -0.3 is 23.7 Å². The van der Waals surface area contributed by atoms with Gasteiger partial charge in [0.15, 0.2) is 6.61 Å². The molecule has 0 N–H and O–H groups in total. The number of carbonyl (C=O) groups is 2. The standard InChI is InChI=1S/C23H28N2O5/c26-22(24(14-20-8-4-12-28-20)15-21-9-5-13-29-21)16-25(18-10-11-18)23(27)17-30-19-6-2-1-3-7-19/h1-4,6-8,12,18,21H,5,9-11,13-17H2/t21-/m0/s1. The number of benzene rings is 1. The van der Waals surface area contributed by atoms with Gasteiger partial charge in [-0.25, -0.2) is 0 Å². The molecule has 0 bridgehead atoms. The molecular weight excluding hydrogens is 384 g/mol. The minimum Gasteiger partial charge on any atom is -0.484 e. The van der Waals surface area contributed by atoms with Crippen molar-refractivity contribution >= 4 is 11.8 Å². The van der Waals surface area contributed by atoms with E-state index in [0.717, 1.165) is 38.1 Å². The minimum atomic E-state index is -0.162. The van der Waals surface area contributed by atoms with Crippen LogP contribution in [0.4, 0.5) is 0 Å². The second-order valence-corrected chi connectivity index (χ2v) is 7.84. The van der Waals surface area contributed by atoms with Crippen LogP contribution in [-0.2, 0) is 20.9 Å². The van der Waals surface area contributed by atoms with Gasteiger partial charge in [-0.15, -0.1) is 0 Å². The van der Waals surface area contributed by atoms with Crippen LogP contribution in [0.5, 0.6) is 5.75 Å². The molecule has 0 spiro atoms. The highest BCUT2D eigenvalue weighted by atomic mass is 16.5. The van der Waals surface area contributed by atoms with Gasteiger partial charge in [0, 0.05) is 19.2 Å². The maximum absolute atomic E-state index is 13.2. The van der Waals surface area contributed by atoms with E-state index in [-0.39, 0.29) is 37.1 Å². The third kappa shape index (κ3) is 5.63. The number of amides is 2. The second kappa shape index (κ2) is 9.80. The number of carbonyl (C=O) groups excluding carboxylic acids is 2. The molecule has 2 amide bonds. The van der Waals surface area contributed by atoms with E-state index in [0.29, 0.717) is 18.8 Å². The van der Waals surface area contributed by atoms with Crippen LogP contribution in [0.25, 0.3) is 0 Å². The topological polar surface area (TPSA) is 72.2 Å². The van der Waals surface area contributed by atoms with Crippen LogP contribution in [0.1, 0.15) is 31.4 Å². The molecule has 1 atom stereocenters. The summed E-state index contributed by atoms with van der Waals surface area (Å²) in [6, 6.07) is 13.0. The first kappa shape index (κ1) is 20.5. The third-order valence-electron chi connectivity index (χ3n) is 5.45. The molecule has 7 heteroatoms. The van der Waals surface area contributed by atoms with Crippen molar-refractivity contribution in [1.82, 2.24) is 9.80 Å². The molecule has 0 radical (unpaired) electrons. The predicted octanol–water partition coefficient (Wildman–Crippen LogP) is 2.86. The lowest BCUT2D eigenvalue weighted by Gasteiger charge is -2.28. The van der Waals surface area contributed by atoms with Gasteiger partial charge >= 0.3 is 0 Å². The average Bonchev–Trinajstić information content (AvgIpc) is 3.22. The van der Waals surface area contributed by atoms with Gasteiger partial charge in [0.05, 0.1) is 18.9 Å². The van der Waals surface area contributed by atoms with E-state index in [1.165, 1.54) is 0 Å². The molecular formula is C23H28N2O5. The van der Waals surface area contributed by atoms with Crippen molar-refractivity contribution < 1.29 is 23.5 Å². The van der Waals surface area contributed by atoms with E-state index in [1.54, 1.807) is 16.1 Å². The van der Waals surface area contributed by atoms with Crippen molar-refractivity contribution in [2.75, 3.05) is 26.3 Å². The molecule has 1 aliphatic heterocycles. The first-order valence-electron chi connectivity index (χ1n) is 10.6. The van der Waals surface area contributed by atoms with Crippen LogP contribution in [0.3, 0.4) is 0 Å². The van der Waals surface area contributed by atoms with Gasteiger partial charge in [0.2, 0.25) is 5.91 Å². The molecule has 4 rings (SSSR count). The molecule has 0 unspecified atom stereocenters. The summed E-state index contributed by atoms with van der Waals surface area (Å²) in [4.78, 5) is 29.4. The fourth-order valence-corrected chi connectivity index (χ4v) is 3.68. The summed E-state index contributed by atoms with van der Waals surface area (Å²) in [5.41, 5.74) is 0. The molecule has 1 aliphatic carbocycles. The number of furan rings is 1. The predicted molar refractivity (Wildman–Crippen MR) is 110 cm³/mol. The van der Waals surface area contributed by atoms with Gasteiger partial charge in [-0.2, -0.15) is 0 Å². The Kier molecular flexibility index (Phi) is 6.69. The SMILES string of the molecule is O=C(CN(C(=O)COc1ccccc1)C1CC1)N(Cc1ccco1)C[C@@H]1CCCO1. The highest BCUT2D eigenvalue weighted by Crippen LogP contribution is 2.27. The van der Waals surface area contributed by atoms with E-state index < -0.39 is 0 Å². The lowest BCUT2D eigenvalue weighted by molar-refractivity contribution is -0.143. The van der Waals surface area contributed by atoms with Crippen molar-refractivity contribution in [3.63, 3.8) is 0 Å². The minimum absolute atomic E-state index is 0.0374. The number of hydrogen-bond donors (Lipinski definition) is 0. The molecule has 2 aromatic rings. The number of nitrogens with zero attached hydrogens (tertiary/aromatic N) is 2. The molecule has 1 aromatic carbocycles. The van der Waals surface area contributed by atoms with E-state index in [2.05, 4.69) is 0 Å². The average molecular weight is 412 g/mol. The number of hydrogen-bond acceptors (Lipinski definition) is 5. The quantitative estimate of drug-likeness (QED) is 0.600. The van der Waals surface area contributed by atoms with Crippen molar-refractivity contribution in [1.29, 1.82) is 0 Å². The summed E-state index contributed by atoms with van der Waals surface area (Å²) in [5, 5.41) is 0. The van der Waals surface area contributed by atoms with Gasteiger partial charge in [-0.1, -0.05) is 18.2 Å². The van der Waals surface area contributed by atoms with Gasteiger partial charge in [0.25, 0.3) is 5.91 Å². The lowest BCUT2D eigenvalue weighted by Crippen LogP contribution is -2.47. The fraction of sp³-hybridized carbons (Fsp3) is 0.478. The summed E-state index contributed by atoms with van der Waals surface area (Å²) in [6.07, 6.45) is 5.44. The van der Waals surface area contributed by atoms with Crippen LogP contribution in [0.2, 0.25) is 0 Å². The van der Waals surface area contributed by atoms with E-state index in [9.17, 15) is 9.59 Å². The van der Waals surface area contributed by atoms with E-state index in [1.807, 2.05) is 42.5 Å². The molecule has 2 aliphatic rings. The summed E-state index contributed by atoms with van der Waals surface area (Å²) in [5.74, 6) is 1.11. The monoisotopic (exact) mass is 412 g/mol. The summed E-state index contributed by atoms with van der Waals surface area (Å²) in [6.45, 7) is 1.59. The van der Waals surface area contributed by atoms with Crippen LogP contribution >= 0.6 is 0 Å². The van der Waals surface area contributed by atoms with Crippen molar-refractivity contribution in [2.45, 2.75) is 44.4 Å². The van der Waals surface area contributed by atoms with Crippen molar-refractivity contribution in [3.8, 4) is 5.75 Å². The molecule has 7 nitrogen and oxygen atoms in total. The van der Waals surface area contributed by atoms with E-state index >= 15 is 0 Å². The first-order valence-corrected chi connectivity index (χ1v) is 10.6. The molecule has 1 aromatic heterocycles. The highest BCUT2D eigenvalue weighted by molar-refractivity contribution is 5.86. The molecule has 2 heterocycles. The van der Waals surface area contributed by atoms with Gasteiger partial charge in [-0.05, 0) is 49.9 Å². The largest absolute Gasteiger partial charge is 0.484 e. The highest BCUT2D eigenvalue weighted by Gasteiger charge is 2.35. The Bertz CT molecular complexity index is 813. The summed E-state index contributed by atoms with van der Waals surface area (Å²) >= 11 is 0. The number of rotatable bonds is 10. The molecule has 2 fully saturated rings. The van der Waals surface area contributed by atoms with Crippen molar-refractivity contribution in [2.24, 2.45) is 0 Å². The second-order valence-electron chi connectivity index (χ2n) is 7.84. The lowest BCUT2D eigenvalue weighted by atomic mass is 10.2. The van der Waals surface area contributed by atoms with Crippen LogP contribution in [0, 0.1) is 0 Å². The smallest absolute Gasteiger partial charge is 0.261 e. The zero-order valence-electron chi connectivity index (χ0n) is 17.1. The van der Waals surface area contributed by atoms with E-state index in [4.69, 9.17) is 13.9 Å². The normalized spacial score (nSPS) is 18.2. The Morgan fingerprint density at radius 3 is 2.53 bits per heavy atom. The Morgan fingerprint density at radius 1 is 1.03 bits per heavy atom. The molecule has 30 heavy (non-hydrogen) atoms.